The summed E-state index contributed by atoms with van der Waals surface area (Å²) in [5.74, 6) is 0.208. The molecular formula is C27H42Cl2F2N2O. The predicted molar refractivity (Wildman–Crippen MR) is 146 cm³/mol. The van der Waals surface area contributed by atoms with E-state index < -0.39 is 6.17 Å². The molecule has 0 aliphatic carbocycles. The van der Waals surface area contributed by atoms with Crippen molar-refractivity contribution in [1.29, 1.82) is 0 Å². The third-order valence-corrected chi connectivity index (χ3v) is 5.29. The first kappa shape index (κ1) is 34.3. The maximum absolute atomic E-state index is 14.1. The molecule has 0 saturated carbocycles. The van der Waals surface area contributed by atoms with E-state index in [9.17, 15) is 8.78 Å². The zero-order chi connectivity index (χ0) is 26.7. The molecule has 0 fully saturated rings. The van der Waals surface area contributed by atoms with Crippen LogP contribution in [0.15, 0.2) is 52.7 Å². The van der Waals surface area contributed by atoms with Gasteiger partial charge in [-0.05, 0) is 68.9 Å². The molecule has 1 unspecified atom stereocenters. The normalized spacial score (nSPS) is 12.4. The molecule has 1 aromatic rings. The average molecular weight is 520 g/mol. The summed E-state index contributed by atoms with van der Waals surface area (Å²) in [6.45, 7) is 16.0. The molecule has 0 bridgehead atoms. The number of carbonyl (C=O) groups is 1. The Bertz CT molecular complexity index is 780. The molecule has 0 amide bonds. The van der Waals surface area contributed by atoms with Gasteiger partial charge in [-0.25, -0.2) is 8.78 Å². The second-order valence-electron chi connectivity index (χ2n) is 7.86. The van der Waals surface area contributed by atoms with Gasteiger partial charge in [0.05, 0.1) is 15.8 Å². The minimum absolute atomic E-state index is 0.119. The monoisotopic (exact) mass is 518 g/mol. The number of allylic oxidation sites excluding steroid dienone is 4. The molecule has 194 valence electrons. The maximum atomic E-state index is 14.1. The number of carbonyl (C=O) groups excluding carboxylic acids is 1. The quantitative estimate of drug-likeness (QED) is 0.235. The van der Waals surface area contributed by atoms with Gasteiger partial charge in [-0.3, -0.25) is 0 Å². The van der Waals surface area contributed by atoms with Crippen LogP contribution in [0.25, 0.3) is 0 Å². The number of alkyl halides is 1. The molecule has 0 heterocycles. The van der Waals surface area contributed by atoms with Crippen LogP contribution in [0.3, 0.4) is 0 Å². The van der Waals surface area contributed by atoms with Gasteiger partial charge in [0.15, 0.2) is 0 Å². The molecule has 34 heavy (non-hydrogen) atoms. The van der Waals surface area contributed by atoms with Gasteiger partial charge in [-0.15, -0.1) is 0 Å². The van der Waals surface area contributed by atoms with Crippen LogP contribution < -0.4 is 5.32 Å². The number of nitrogens with one attached hydrogen (secondary N) is 1. The first-order chi connectivity index (χ1) is 16.1. The molecule has 3 nitrogen and oxygen atoms in total. The van der Waals surface area contributed by atoms with Crippen LogP contribution in [0.1, 0.15) is 59.9 Å². The zero-order valence-electron chi connectivity index (χ0n) is 21.7. The number of nitrogens with zero attached hydrogens (tertiary/aromatic N) is 1. The molecule has 0 aliphatic heterocycles. The highest BCUT2D eigenvalue weighted by molar-refractivity contribution is 6.36. The molecule has 0 aliphatic rings. The summed E-state index contributed by atoms with van der Waals surface area (Å²) >= 11 is 12.4. The number of halogens is 4. The summed E-state index contributed by atoms with van der Waals surface area (Å²) in [6, 6.07) is 5.05. The number of hydrogen-bond donors (Lipinski definition) is 1. The second kappa shape index (κ2) is 20.5. The molecule has 1 N–H and O–H groups in total. The standard InChI is InChI=1S/C16H26Cl2FN.C9H12FN.C2H4O/c1-6-9-20(11-13(19)10-12(4)5)16(14(17)7-2)15(18)8-3;1-3-7-6-8(11-2)4-5-9(7)10;1-2-3/h7-8,12-13H,2,6,9-11H2,1,3-5H3;4-6,11H,3H2,1-2H3;2H,1H3/b15-8+,16-14-;;. The van der Waals surface area contributed by atoms with Crippen LogP contribution >= 0.6 is 23.2 Å². The number of anilines is 1. The van der Waals surface area contributed by atoms with E-state index in [1.807, 2.05) is 52.6 Å². The summed E-state index contributed by atoms with van der Waals surface area (Å²) in [5.41, 5.74) is 2.39. The van der Waals surface area contributed by atoms with Gasteiger partial charge in [0.25, 0.3) is 0 Å². The number of benzene rings is 1. The Hall–Kier alpha value is -1.85. The van der Waals surface area contributed by atoms with Gasteiger partial charge >= 0.3 is 0 Å². The molecule has 0 radical (unpaired) electrons. The Morgan fingerprint density at radius 1 is 1.24 bits per heavy atom. The van der Waals surface area contributed by atoms with Gasteiger partial charge in [-0.1, -0.05) is 63.6 Å². The van der Waals surface area contributed by atoms with Crippen LogP contribution in [0.2, 0.25) is 0 Å². The van der Waals surface area contributed by atoms with Crippen LogP contribution in [0.4, 0.5) is 14.5 Å². The second-order valence-corrected chi connectivity index (χ2v) is 8.67. The highest BCUT2D eigenvalue weighted by Crippen LogP contribution is 2.27. The van der Waals surface area contributed by atoms with Crippen LogP contribution in [0.5, 0.6) is 0 Å². The van der Waals surface area contributed by atoms with E-state index in [2.05, 4.69) is 11.9 Å². The first-order valence-electron chi connectivity index (χ1n) is 11.7. The Morgan fingerprint density at radius 2 is 1.82 bits per heavy atom. The molecule has 1 atom stereocenters. The van der Waals surface area contributed by atoms with E-state index in [0.29, 0.717) is 41.2 Å². The lowest BCUT2D eigenvalue weighted by Gasteiger charge is -2.29. The van der Waals surface area contributed by atoms with Crippen molar-refractivity contribution < 1.29 is 13.6 Å². The van der Waals surface area contributed by atoms with E-state index in [1.165, 1.54) is 13.0 Å². The van der Waals surface area contributed by atoms with Gasteiger partial charge < -0.3 is 15.0 Å². The Labute approximate surface area is 215 Å². The highest BCUT2D eigenvalue weighted by Gasteiger charge is 2.20. The van der Waals surface area contributed by atoms with E-state index >= 15 is 0 Å². The van der Waals surface area contributed by atoms with E-state index in [-0.39, 0.29) is 5.82 Å². The number of hydrogen-bond acceptors (Lipinski definition) is 3. The topological polar surface area (TPSA) is 32.3 Å². The molecule has 1 rings (SSSR count). The van der Waals surface area contributed by atoms with Crippen LogP contribution in [0, 0.1) is 11.7 Å². The molecule has 7 heteroatoms. The van der Waals surface area contributed by atoms with Crippen molar-refractivity contribution in [2.45, 2.75) is 67.0 Å². The summed E-state index contributed by atoms with van der Waals surface area (Å²) in [5, 5.41) is 3.95. The number of aryl methyl sites for hydroxylation is 1. The lowest BCUT2D eigenvalue weighted by atomic mass is 10.1. The SMILES string of the molecule is C=C/C(Cl)=C(\C(Cl)=C/C)N(CCC)CC(F)CC(C)C.CC=O.CCc1cc(NC)ccc1F. The Kier molecular flexibility index (Phi) is 20.7. The summed E-state index contributed by atoms with van der Waals surface area (Å²) in [6.07, 6.45) is 5.33. The third kappa shape index (κ3) is 14.4. The van der Waals surface area contributed by atoms with Crippen molar-refractivity contribution in [3.8, 4) is 0 Å². The van der Waals surface area contributed by atoms with Gasteiger partial charge in [0.2, 0.25) is 0 Å². The smallest absolute Gasteiger partial charge is 0.126 e. The first-order valence-corrected chi connectivity index (χ1v) is 12.4. The number of rotatable bonds is 11. The third-order valence-electron chi connectivity index (χ3n) is 4.56. The fraction of sp³-hybridized carbons (Fsp3) is 0.519. The van der Waals surface area contributed by atoms with E-state index in [1.54, 1.807) is 18.2 Å². The Balaban J connectivity index is 0. The minimum atomic E-state index is -0.896. The number of aldehydes is 1. The van der Waals surface area contributed by atoms with Crippen molar-refractivity contribution in [3.63, 3.8) is 0 Å². The van der Waals surface area contributed by atoms with Crippen molar-refractivity contribution in [2.75, 3.05) is 25.5 Å². The lowest BCUT2D eigenvalue weighted by Crippen LogP contribution is -2.32. The summed E-state index contributed by atoms with van der Waals surface area (Å²) < 4.78 is 27.0. The fourth-order valence-electron chi connectivity index (χ4n) is 3.04. The van der Waals surface area contributed by atoms with E-state index in [0.717, 1.165) is 30.4 Å². The average Bonchev–Trinajstić information content (AvgIpc) is 2.79. The molecular weight excluding hydrogens is 477 g/mol. The van der Waals surface area contributed by atoms with Gasteiger partial charge in [0, 0.05) is 25.8 Å². The van der Waals surface area contributed by atoms with Crippen molar-refractivity contribution >= 4 is 35.2 Å². The predicted octanol–water partition coefficient (Wildman–Crippen LogP) is 8.50. The summed E-state index contributed by atoms with van der Waals surface area (Å²) in [7, 11) is 1.83. The van der Waals surface area contributed by atoms with Gasteiger partial charge in [0.1, 0.15) is 18.3 Å². The molecule has 0 aromatic heterocycles. The molecule has 0 saturated heterocycles. The van der Waals surface area contributed by atoms with Gasteiger partial charge in [-0.2, -0.15) is 0 Å². The van der Waals surface area contributed by atoms with Crippen LogP contribution in [-0.4, -0.2) is 37.5 Å². The largest absolute Gasteiger partial charge is 0.388 e. The van der Waals surface area contributed by atoms with E-state index in [4.69, 9.17) is 28.0 Å². The minimum Gasteiger partial charge on any atom is -0.388 e. The van der Waals surface area contributed by atoms with Crippen molar-refractivity contribution in [3.05, 3.63) is 64.1 Å². The van der Waals surface area contributed by atoms with Crippen molar-refractivity contribution in [1.82, 2.24) is 4.90 Å². The highest BCUT2D eigenvalue weighted by atomic mass is 35.5. The maximum Gasteiger partial charge on any atom is 0.126 e. The summed E-state index contributed by atoms with van der Waals surface area (Å²) in [4.78, 5) is 10.7. The zero-order valence-corrected chi connectivity index (χ0v) is 23.2. The van der Waals surface area contributed by atoms with Crippen LogP contribution in [-0.2, 0) is 11.2 Å². The molecule has 0 spiro atoms. The molecule has 1 aromatic carbocycles. The van der Waals surface area contributed by atoms with Crippen molar-refractivity contribution in [2.24, 2.45) is 5.92 Å². The fourth-order valence-corrected chi connectivity index (χ4v) is 3.53. The Morgan fingerprint density at radius 3 is 2.24 bits per heavy atom. The lowest BCUT2D eigenvalue weighted by molar-refractivity contribution is -0.106.